The number of hydrogen-bond acceptors (Lipinski definition) is 2. The van der Waals surface area contributed by atoms with Crippen molar-refractivity contribution in [2.24, 2.45) is 0 Å². The zero-order valence-electron chi connectivity index (χ0n) is 14.6. The van der Waals surface area contributed by atoms with Crippen LogP contribution in [0.3, 0.4) is 0 Å². The molecule has 0 radical (unpaired) electrons. The van der Waals surface area contributed by atoms with Gasteiger partial charge >= 0.3 is 0 Å². The fourth-order valence-corrected chi connectivity index (χ4v) is 4.28. The number of aromatic nitrogens is 2. The third kappa shape index (κ3) is 2.69. The number of pyridine rings is 1. The van der Waals surface area contributed by atoms with Gasteiger partial charge in [-0.25, -0.2) is 0 Å². The molecule has 1 N–H and O–H groups in total. The van der Waals surface area contributed by atoms with Crippen molar-refractivity contribution in [1.82, 2.24) is 14.9 Å². The molecule has 3 aliphatic rings. The molecule has 2 bridgehead atoms. The zero-order valence-corrected chi connectivity index (χ0v) is 14.6. The van der Waals surface area contributed by atoms with E-state index in [0.29, 0.717) is 0 Å². The van der Waals surface area contributed by atoms with Crippen LogP contribution in [0.5, 0.6) is 0 Å². The Morgan fingerprint density at radius 3 is 2.68 bits per heavy atom. The lowest BCUT2D eigenvalue weighted by Gasteiger charge is -2.26. The van der Waals surface area contributed by atoms with Crippen molar-refractivity contribution in [1.29, 1.82) is 0 Å². The Balaban J connectivity index is 1.52. The van der Waals surface area contributed by atoms with E-state index in [-0.39, 0.29) is 0 Å². The summed E-state index contributed by atoms with van der Waals surface area (Å²) in [6.45, 7) is 5.60. The zero-order chi connectivity index (χ0) is 16.8. The number of fused-ring (bicyclic) bond motifs is 3. The molecule has 3 heteroatoms. The van der Waals surface area contributed by atoms with E-state index in [4.69, 9.17) is 0 Å². The van der Waals surface area contributed by atoms with Gasteiger partial charge in [-0.3, -0.25) is 9.88 Å². The van der Waals surface area contributed by atoms with Gasteiger partial charge in [0, 0.05) is 41.0 Å². The average molecular weight is 329 g/mol. The van der Waals surface area contributed by atoms with E-state index in [0.717, 1.165) is 23.7 Å². The van der Waals surface area contributed by atoms with E-state index >= 15 is 0 Å². The summed E-state index contributed by atoms with van der Waals surface area (Å²) in [4.78, 5) is 10.7. The van der Waals surface area contributed by atoms with Gasteiger partial charge in [-0.05, 0) is 67.7 Å². The number of nitrogens with one attached hydrogen (secondary N) is 1. The number of aryl methyl sites for hydroxylation is 1. The van der Waals surface area contributed by atoms with Crippen LogP contribution in [0, 0.1) is 6.92 Å². The summed E-state index contributed by atoms with van der Waals surface area (Å²) >= 11 is 0. The Hall–Kier alpha value is -2.39. The van der Waals surface area contributed by atoms with E-state index in [2.05, 4.69) is 57.4 Å². The molecular weight excluding hydrogens is 306 g/mol. The third-order valence-corrected chi connectivity index (χ3v) is 5.74. The van der Waals surface area contributed by atoms with Crippen molar-refractivity contribution >= 4 is 23.1 Å². The third-order valence-electron chi connectivity index (χ3n) is 5.74. The summed E-state index contributed by atoms with van der Waals surface area (Å²) in [6.07, 6.45) is 8.86. The highest BCUT2D eigenvalue weighted by atomic mass is 15.1. The predicted molar refractivity (Wildman–Crippen MR) is 103 cm³/mol. The van der Waals surface area contributed by atoms with Crippen LogP contribution in [0.1, 0.15) is 46.8 Å². The number of benzene rings is 1. The minimum atomic E-state index is 0.721. The molecule has 0 atom stereocenters. The standard InChI is InChI=1S/C22H23N3/c1-15-2-3-17(13-23-15)5-4-16-6-7-21-19(12-16)20-14-25-10-8-18(9-11-25)22(20)24-21/h2-7,12-13,18,24H,8-11,14H2,1H3. The molecule has 3 aromatic rings. The summed E-state index contributed by atoms with van der Waals surface area (Å²) in [6, 6.07) is 11.0. The molecule has 1 saturated heterocycles. The van der Waals surface area contributed by atoms with Crippen molar-refractivity contribution in [2.45, 2.75) is 32.2 Å². The van der Waals surface area contributed by atoms with Crippen molar-refractivity contribution in [3.05, 3.63) is 64.6 Å². The van der Waals surface area contributed by atoms with E-state index < -0.39 is 0 Å². The van der Waals surface area contributed by atoms with Crippen LogP contribution in [-0.4, -0.2) is 28.0 Å². The van der Waals surface area contributed by atoms with Crippen LogP contribution < -0.4 is 0 Å². The van der Waals surface area contributed by atoms with Crippen molar-refractivity contribution < 1.29 is 0 Å². The summed E-state index contributed by atoms with van der Waals surface area (Å²) in [7, 11) is 0. The number of rotatable bonds is 2. The van der Waals surface area contributed by atoms with E-state index in [1.54, 1.807) is 0 Å². The van der Waals surface area contributed by atoms with Gasteiger partial charge in [0.05, 0.1) is 0 Å². The molecule has 3 aliphatic heterocycles. The van der Waals surface area contributed by atoms with Gasteiger partial charge in [0.1, 0.15) is 0 Å². The molecule has 6 rings (SSSR count). The van der Waals surface area contributed by atoms with Gasteiger partial charge in [0.2, 0.25) is 0 Å². The largest absolute Gasteiger partial charge is 0.358 e. The van der Waals surface area contributed by atoms with Crippen LogP contribution in [0.15, 0.2) is 36.5 Å². The highest BCUT2D eigenvalue weighted by Crippen LogP contribution is 2.39. The smallest absolute Gasteiger partial charge is 0.0459 e. The number of aromatic amines is 1. The van der Waals surface area contributed by atoms with Gasteiger partial charge in [0.15, 0.2) is 0 Å². The Labute approximate surface area is 148 Å². The fraction of sp³-hybridized carbons (Fsp3) is 0.318. The SMILES string of the molecule is Cc1ccc(C=Cc2ccc3[nH]c4c(c3c2)CN2CCC4CC2)cn1. The highest BCUT2D eigenvalue weighted by Gasteiger charge is 2.30. The summed E-state index contributed by atoms with van der Waals surface area (Å²) in [5, 5.41) is 1.40. The predicted octanol–water partition coefficient (Wildman–Crippen LogP) is 4.73. The second-order valence-corrected chi connectivity index (χ2v) is 7.44. The van der Waals surface area contributed by atoms with Crippen molar-refractivity contribution in [3.63, 3.8) is 0 Å². The first-order valence-electron chi connectivity index (χ1n) is 9.24. The second-order valence-electron chi connectivity index (χ2n) is 7.44. The van der Waals surface area contributed by atoms with Gasteiger partial charge in [0.25, 0.3) is 0 Å². The van der Waals surface area contributed by atoms with Crippen LogP contribution in [0.2, 0.25) is 0 Å². The number of hydrogen-bond donors (Lipinski definition) is 1. The van der Waals surface area contributed by atoms with E-state index in [1.165, 1.54) is 53.7 Å². The van der Waals surface area contributed by atoms with Gasteiger partial charge in [-0.15, -0.1) is 0 Å². The summed E-state index contributed by atoms with van der Waals surface area (Å²) in [5.41, 5.74) is 7.76. The normalized spacial score (nSPS) is 22.4. The van der Waals surface area contributed by atoms with Crippen molar-refractivity contribution in [3.8, 4) is 0 Å². The number of H-pyrrole nitrogens is 1. The summed E-state index contributed by atoms with van der Waals surface area (Å²) in [5.74, 6) is 0.721. The molecule has 3 nitrogen and oxygen atoms in total. The molecule has 126 valence electrons. The molecule has 0 saturated carbocycles. The summed E-state index contributed by atoms with van der Waals surface area (Å²) < 4.78 is 0. The molecule has 5 heterocycles. The second kappa shape index (κ2) is 5.85. The molecule has 0 aliphatic carbocycles. The Kier molecular flexibility index (Phi) is 3.49. The molecule has 1 aromatic carbocycles. The minimum Gasteiger partial charge on any atom is -0.358 e. The molecule has 0 spiro atoms. The van der Waals surface area contributed by atoms with E-state index in [9.17, 15) is 0 Å². The molecule has 0 unspecified atom stereocenters. The first-order chi connectivity index (χ1) is 12.3. The van der Waals surface area contributed by atoms with E-state index in [1.807, 2.05) is 13.1 Å². The van der Waals surface area contributed by atoms with Gasteiger partial charge in [-0.2, -0.15) is 0 Å². The average Bonchev–Trinajstić information content (AvgIpc) is 2.80. The quantitative estimate of drug-likeness (QED) is 0.737. The molecular formula is C22H23N3. The number of nitrogens with zero attached hydrogens (tertiary/aromatic N) is 2. The first-order valence-corrected chi connectivity index (χ1v) is 9.24. The van der Waals surface area contributed by atoms with Crippen LogP contribution in [-0.2, 0) is 6.54 Å². The molecule has 0 amide bonds. The van der Waals surface area contributed by atoms with Crippen LogP contribution in [0.25, 0.3) is 23.1 Å². The maximum absolute atomic E-state index is 4.36. The maximum Gasteiger partial charge on any atom is 0.0459 e. The Morgan fingerprint density at radius 2 is 1.88 bits per heavy atom. The lowest BCUT2D eigenvalue weighted by Crippen LogP contribution is -2.28. The molecule has 1 fully saturated rings. The van der Waals surface area contributed by atoms with Crippen LogP contribution in [0.4, 0.5) is 0 Å². The molecule has 2 aromatic heterocycles. The minimum absolute atomic E-state index is 0.721. The van der Waals surface area contributed by atoms with Gasteiger partial charge in [-0.1, -0.05) is 24.3 Å². The Bertz CT molecular complexity index is 941. The topological polar surface area (TPSA) is 31.9 Å². The highest BCUT2D eigenvalue weighted by molar-refractivity contribution is 5.88. The lowest BCUT2D eigenvalue weighted by atomic mass is 9.94. The first kappa shape index (κ1) is 14.9. The Morgan fingerprint density at radius 1 is 1.08 bits per heavy atom. The maximum atomic E-state index is 4.36. The lowest BCUT2D eigenvalue weighted by molar-refractivity contribution is 0.220. The van der Waals surface area contributed by atoms with Crippen LogP contribution >= 0.6 is 0 Å². The van der Waals surface area contributed by atoms with Gasteiger partial charge < -0.3 is 4.98 Å². The fourth-order valence-electron chi connectivity index (χ4n) is 4.28. The number of piperidine rings is 1. The van der Waals surface area contributed by atoms with Crippen molar-refractivity contribution in [2.75, 3.05) is 13.1 Å². The molecule has 25 heavy (non-hydrogen) atoms. The monoisotopic (exact) mass is 329 g/mol.